The van der Waals surface area contributed by atoms with Crippen molar-refractivity contribution in [1.29, 1.82) is 0 Å². The van der Waals surface area contributed by atoms with Crippen molar-refractivity contribution in [3.63, 3.8) is 0 Å². The van der Waals surface area contributed by atoms with Gasteiger partial charge in [-0.25, -0.2) is 9.59 Å². The Morgan fingerprint density at radius 2 is 1.33 bits per heavy atom. The Kier molecular flexibility index (Phi) is 5.66. The minimum Gasteiger partial charge on any atom is -0.495 e. The van der Waals surface area contributed by atoms with Crippen LogP contribution in [0.3, 0.4) is 0 Å². The van der Waals surface area contributed by atoms with E-state index in [4.69, 9.17) is 33.2 Å². The second-order valence-electron chi connectivity index (χ2n) is 7.04. The summed E-state index contributed by atoms with van der Waals surface area (Å²) in [5.74, 6) is 1.56. The van der Waals surface area contributed by atoms with Crippen molar-refractivity contribution in [2.24, 2.45) is 0 Å². The lowest BCUT2D eigenvalue weighted by Crippen LogP contribution is -2.05. The van der Waals surface area contributed by atoms with Crippen molar-refractivity contribution >= 4 is 23.3 Å². The molecule has 170 valence electrons. The highest BCUT2D eigenvalue weighted by atomic mass is 32.1. The number of carbonyl (C=O) groups excluding carboxylic acids is 2. The highest BCUT2D eigenvalue weighted by Crippen LogP contribution is 2.35. The third kappa shape index (κ3) is 4.37. The molecule has 0 radical (unpaired) electrons. The number of carbonyl (C=O) groups is 2. The van der Waals surface area contributed by atoms with Crippen LogP contribution >= 0.6 is 11.3 Å². The minimum atomic E-state index is -0.607. The van der Waals surface area contributed by atoms with Crippen LogP contribution in [0.15, 0.2) is 42.5 Å². The summed E-state index contributed by atoms with van der Waals surface area (Å²) in [4.78, 5) is 25.6. The summed E-state index contributed by atoms with van der Waals surface area (Å²) >= 11 is 0.947. The van der Waals surface area contributed by atoms with E-state index < -0.39 is 11.9 Å². The van der Waals surface area contributed by atoms with Gasteiger partial charge in [0.25, 0.3) is 0 Å². The zero-order chi connectivity index (χ0) is 22.8. The lowest BCUT2D eigenvalue weighted by atomic mass is 10.2. The Morgan fingerprint density at radius 3 is 1.91 bits per heavy atom. The van der Waals surface area contributed by atoms with E-state index in [-0.39, 0.29) is 42.3 Å². The molecule has 0 fully saturated rings. The number of thiophene rings is 1. The number of fused-ring (bicyclic) bond motifs is 2. The first kappa shape index (κ1) is 21.0. The lowest BCUT2D eigenvalue weighted by molar-refractivity contribution is 0.0469. The molecule has 2 aliphatic rings. The molecule has 0 spiro atoms. The van der Waals surface area contributed by atoms with Crippen LogP contribution in [0.1, 0.15) is 30.5 Å². The maximum atomic E-state index is 12.6. The first-order valence-electron chi connectivity index (χ1n) is 9.90. The SMILES string of the molecule is COc1cc(C(=O)OCc2ccc3c(c2)OCO3)sc1C(=O)OCc1ccc2c(c1)OCO2. The van der Waals surface area contributed by atoms with E-state index in [9.17, 15) is 9.59 Å². The fourth-order valence-corrected chi connectivity index (χ4v) is 4.18. The molecule has 5 rings (SSSR count). The van der Waals surface area contributed by atoms with Gasteiger partial charge in [-0.15, -0.1) is 11.3 Å². The van der Waals surface area contributed by atoms with Gasteiger partial charge in [0.15, 0.2) is 27.9 Å². The molecule has 10 heteroatoms. The maximum Gasteiger partial charge on any atom is 0.352 e. The Labute approximate surface area is 192 Å². The zero-order valence-electron chi connectivity index (χ0n) is 17.5. The fraction of sp³-hybridized carbons (Fsp3) is 0.217. The van der Waals surface area contributed by atoms with Crippen LogP contribution in [0, 0.1) is 0 Å². The minimum absolute atomic E-state index is 0.0282. The van der Waals surface area contributed by atoms with Crippen molar-refractivity contribution in [3.8, 4) is 28.7 Å². The molecule has 2 aliphatic heterocycles. The summed E-state index contributed by atoms with van der Waals surface area (Å²) in [7, 11) is 1.42. The van der Waals surface area contributed by atoms with Gasteiger partial charge in [0.2, 0.25) is 13.6 Å². The van der Waals surface area contributed by atoms with Gasteiger partial charge in [0.05, 0.1) is 7.11 Å². The average molecular weight is 470 g/mol. The van der Waals surface area contributed by atoms with Crippen LogP contribution in [0.25, 0.3) is 0 Å². The van der Waals surface area contributed by atoms with Crippen LogP contribution in [0.2, 0.25) is 0 Å². The summed E-state index contributed by atoms with van der Waals surface area (Å²) in [5, 5.41) is 0. The second-order valence-corrected chi connectivity index (χ2v) is 8.09. The van der Waals surface area contributed by atoms with Gasteiger partial charge in [-0.3, -0.25) is 0 Å². The number of benzene rings is 2. The second kappa shape index (κ2) is 8.91. The van der Waals surface area contributed by atoms with Crippen molar-refractivity contribution in [2.75, 3.05) is 20.7 Å². The first-order chi connectivity index (χ1) is 16.1. The molecular weight excluding hydrogens is 452 g/mol. The highest BCUT2D eigenvalue weighted by Gasteiger charge is 2.23. The average Bonchev–Trinajstić information content (AvgIpc) is 3.59. The topological polar surface area (TPSA) is 98.8 Å². The Bertz CT molecular complexity index is 1220. The predicted molar refractivity (Wildman–Crippen MR) is 114 cm³/mol. The smallest absolute Gasteiger partial charge is 0.352 e. The number of esters is 2. The Balaban J connectivity index is 1.22. The van der Waals surface area contributed by atoms with Gasteiger partial charge < -0.3 is 33.2 Å². The molecule has 0 amide bonds. The van der Waals surface area contributed by atoms with E-state index in [1.807, 2.05) is 0 Å². The first-order valence-corrected chi connectivity index (χ1v) is 10.7. The van der Waals surface area contributed by atoms with Crippen LogP contribution in [-0.2, 0) is 22.7 Å². The summed E-state index contributed by atoms with van der Waals surface area (Å²) in [6.45, 7) is 0.402. The van der Waals surface area contributed by atoms with E-state index in [2.05, 4.69) is 0 Å². The van der Waals surface area contributed by atoms with E-state index in [1.165, 1.54) is 13.2 Å². The van der Waals surface area contributed by atoms with Gasteiger partial charge in [-0.05, 0) is 35.4 Å². The fourth-order valence-electron chi connectivity index (χ4n) is 3.26. The number of methoxy groups -OCH3 is 1. The summed E-state index contributed by atoms with van der Waals surface area (Å²) in [6, 6.07) is 12.0. The van der Waals surface area contributed by atoms with Gasteiger partial charge in [0.1, 0.15) is 23.8 Å². The van der Waals surface area contributed by atoms with Crippen LogP contribution in [0.4, 0.5) is 0 Å². The molecule has 2 aromatic carbocycles. The third-order valence-corrected chi connectivity index (χ3v) is 5.99. The molecule has 1 aromatic heterocycles. The monoisotopic (exact) mass is 470 g/mol. The molecule has 3 aromatic rings. The Morgan fingerprint density at radius 1 is 0.788 bits per heavy atom. The Hall–Kier alpha value is -3.92. The summed E-state index contributed by atoms with van der Waals surface area (Å²) in [5.41, 5.74) is 1.49. The van der Waals surface area contributed by atoms with Crippen molar-refractivity contribution < 1.29 is 42.7 Å². The number of hydrogen-bond donors (Lipinski definition) is 0. The van der Waals surface area contributed by atoms with Crippen LogP contribution < -0.4 is 23.7 Å². The third-order valence-electron chi connectivity index (χ3n) is 4.92. The van der Waals surface area contributed by atoms with Crippen LogP contribution in [-0.4, -0.2) is 32.6 Å². The molecule has 0 bridgehead atoms. The molecule has 9 nitrogen and oxygen atoms in total. The standard InChI is InChI=1S/C23H18O9S/c1-26-19-8-20(22(24)27-9-13-2-4-15-17(6-13)31-11-29-15)33-21(19)23(25)28-10-14-3-5-16-18(7-14)32-12-30-16/h2-8H,9-12H2,1H3. The summed E-state index contributed by atoms with van der Waals surface area (Å²) in [6.07, 6.45) is 0. The zero-order valence-corrected chi connectivity index (χ0v) is 18.3. The molecule has 0 unspecified atom stereocenters. The van der Waals surface area contributed by atoms with E-state index in [0.717, 1.165) is 22.5 Å². The van der Waals surface area contributed by atoms with Gasteiger partial charge in [-0.1, -0.05) is 12.1 Å². The van der Waals surface area contributed by atoms with E-state index >= 15 is 0 Å². The molecular formula is C23H18O9S. The molecule has 0 atom stereocenters. The van der Waals surface area contributed by atoms with Gasteiger partial charge >= 0.3 is 11.9 Å². The van der Waals surface area contributed by atoms with Gasteiger partial charge in [-0.2, -0.15) is 0 Å². The van der Waals surface area contributed by atoms with Crippen molar-refractivity contribution in [1.82, 2.24) is 0 Å². The quantitative estimate of drug-likeness (QED) is 0.476. The lowest BCUT2D eigenvalue weighted by Gasteiger charge is -2.06. The van der Waals surface area contributed by atoms with Gasteiger partial charge in [0, 0.05) is 6.07 Å². The number of rotatable bonds is 7. The van der Waals surface area contributed by atoms with E-state index in [0.29, 0.717) is 23.0 Å². The molecule has 33 heavy (non-hydrogen) atoms. The predicted octanol–water partition coefficient (Wildman–Crippen LogP) is 3.93. The number of hydrogen-bond acceptors (Lipinski definition) is 10. The van der Waals surface area contributed by atoms with Crippen molar-refractivity contribution in [2.45, 2.75) is 13.2 Å². The summed E-state index contributed by atoms with van der Waals surface area (Å²) < 4.78 is 37.2. The highest BCUT2D eigenvalue weighted by molar-refractivity contribution is 7.16. The maximum absolute atomic E-state index is 12.6. The van der Waals surface area contributed by atoms with E-state index in [1.54, 1.807) is 36.4 Å². The van der Waals surface area contributed by atoms with Crippen LogP contribution in [0.5, 0.6) is 28.7 Å². The number of ether oxygens (including phenoxy) is 7. The molecule has 0 N–H and O–H groups in total. The van der Waals surface area contributed by atoms with Crippen molar-refractivity contribution in [3.05, 3.63) is 63.3 Å². The molecule has 0 aliphatic carbocycles. The largest absolute Gasteiger partial charge is 0.495 e. The molecule has 0 saturated heterocycles. The normalized spacial score (nSPS) is 13.0. The molecule has 3 heterocycles. The molecule has 0 saturated carbocycles.